The lowest BCUT2D eigenvalue weighted by molar-refractivity contribution is 0.483. The summed E-state index contributed by atoms with van der Waals surface area (Å²) in [7, 11) is 0. The van der Waals surface area contributed by atoms with Crippen LogP contribution in [-0.4, -0.2) is 19.5 Å². The van der Waals surface area contributed by atoms with E-state index in [0.29, 0.717) is 17.5 Å². The summed E-state index contributed by atoms with van der Waals surface area (Å²) in [4.78, 5) is 15.9. The molecule has 14 rings (SSSR count). The predicted octanol–water partition coefficient (Wildman–Crippen LogP) is 16.9. The Bertz CT molecular complexity index is 4130. The summed E-state index contributed by atoms with van der Waals surface area (Å²) in [6.07, 6.45) is 0. The van der Waals surface area contributed by atoms with Crippen LogP contribution in [0.1, 0.15) is 0 Å². The molecule has 0 saturated heterocycles. The normalized spacial score (nSPS) is 11.7. The molecule has 0 atom stereocenters. The summed E-state index contributed by atoms with van der Waals surface area (Å²) >= 11 is 0. The van der Waals surface area contributed by atoms with Crippen molar-refractivity contribution in [3.63, 3.8) is 0 Å². The van der Waals surface area contributed by atoms with Gasteiger partial charge in [0.1, 0.15) is 33.8 Å². The number of furan rings is 2. The van der Waals surface area contributed by atoms with Crippen LogP contribution in [0.3, 0.4) is 0 Å². The minimum Gasteiger partial charge on any atom is -0.457 e. The van der Waals surface area contributed by atoms with E-state index >= 15 is 0 Å². The molecule has 0 fully saturated rings. The molecule has 0 unspecified atom stereocenters. The fourth-order valence-corrected chi connectivity index (χ4v) is 10.1. The number of nitrogens with zero attached hydrogens (tertiary/aromatic N) is 4. The average molecular weight is 899 g/mol. The maximum atomic E-state index is 6.42. The summed E-state index contributed by atoms with van der Waals surface area (Å²) in [5, 5.41) is 6.39. The Morgan fingerprint density at radius 1 is 0.300 bits per heavy atom. The third-order valence-corrected chi connectivity index (χ3v) is 13.3. The van der Waals surface area contributed by atoms with Gasteiger partial charge in [0.05, 0.1) is 16.7 Å². The first-order chi connectivity index (χ1) is 34.7. The van der Waals surface area contributed by atoms with Gasteiger partial charge >= 0.3 is 0 Å². The summed E-state index contributed by atoms with van der Waals surface area (Å²) in [6, 6.07) is 79.2. The van der Waals surface area contributed by atoms with Crippen molar-refractivity contribution >= 4 is 65.7 Å². The molecule has 0 spiro atoms. The van der Waals surface area contributed by atoms with Crippen LogP contribution >= 0.6 is 0 Å². The molecule has 14 aromatic rings. The predicted molar refractivity (Wildman–Crippen MR) is 282 cm³/mol. The molecule has 0 radical (unpaired) electrons. The van der Waals surface area contributed by atoms with Crippen LogP contribution in [0.15, 0.2) is 239 Å². The Hall–Kier alpha value is -9.59. The van der Waals surface area contributed by atoms with Crippen LogP contribution in [-0.2, 0) is 0 Å². The molecular formula is C63H38N4O3. The van der Waals surface area contributed by atoms with Crippen molar-refractivity contribution in [1.82, 2.24) is 19.5 Å². The molecule has 0 aliphatic heterocycles. The third-order valence-electron chi connectivity index (χ3n) is 13.3. The lowest BCUT2D eigenvalue weighted by atomic mass is 9.92. The SMILES string of the molecule is c1ccc(Oc2ccc3c(c2)c2ccccc2n3-c2c(-c3ccccc3)cc(-c3nc(-c4ccc5c(c4)oc4ccccc45)nc(-c4ccc5c(c4)oc4ccccc45)n3)cc2-c2ccccc2)cc1. The lowest BCUT2D eigenvalue weighted by Gasteiger charge is -2.21. The van der Waals surface area contributed by atoms with Gasteiger partial charge in [-0.2, -0.15) is 0 Å². The van der Waals surface area contributed by atoms with Gasteiger partial charge in [-0.1, -0.05) is 146 Å². The zero-order chi connectivity index (χ0) is 46.1. The zero-order valence-corrected chi connectivity index (χ0v) is 37.5. The molecule has 4 heterocycles. The summed E-state index contributed by atoms with van der Waals surface area (Å²) in [6.45, 7) is 0. The van der Waals surface area contributed by atoms with Crippen molar-refractivity contribution in [3.05, 3.63) is 231 Å². The number of hydrogen-bond acceptors (Lipinski definition) is 6. The number of rotatable bonds is 8. The molecule has 328 valence electrons. The minimum absolute atomic E-state index is 0.523. The van der Waals surface area contributed by atoms with E-state index in [0.717, 1.165) is 122 Å². The number of benzene rings is 10. The van der Waals surface area contributed by atoms with Gasteiger partial charge in [0.25, 0.3) is 0 Å². The highest BCUT2D eigenvalue weighted by atomic mass is 16.5. The first-order valence-electron chi connectivity index (χ1n) is 23.3. The average Bonchev–Trinajstić information content (AvgIpc) is 4.10. The second kappa shape index (κ2) is 16.0. The van der Waals surface area contributed by atoms with Crippen molar-refractivity contribution in [2.24, 2.45) is 0 Å². The zero-order valence-electron chi connectivity index (χ0n) is 37.5. The van der Waals surface area contributed by atoms with E-state index in [-0.39, 0.29) is 0 Å². The Balaban J connectivity index is 1.03. The summed E-state index contributed by atoms with van der Waals surface area (Å²) in [5.74, 6) is 3.13. The van der Waals surface area contributed by atoms with E-state index in [4.69, 9.17) is 28.5 Å². The number of hydrogen-bond donors (Lipinski definition) is 0. The molecule has 70 heavy (non-hydrogen) atoms. The number of fused-ring (bicyclic) bond motifs is 9. The molecule has 0 N–H and O–H groups in total. The number of para-hydroxylation sites is 4. The van der Waals surface area contributed by atoms with Crippen LogP contribution in [0.5, 0.6) is 11.5 Å². The fraction of sp³-hybridized carbons (Fsp3) is 0. The van der Waals surface area contributed by atoms with E-state index in [1.165, 1.54) is 0 Å². The summed E-state index contributed by atoms with van der Waals surface area (Å²) in [5.41, 5.74) is 12.9. The van der Waals surface area contributed by atoms with Crippen molar-refractivity contribution in [1.29, 1.82) is 0 Å². The highest BCUT2D eigenvalue weighted by Gasteiger charge is 2.24. The Kier molecular flexibility index (Phi) is 9.07. The van der Waals surface area contributed by atoms with Crippen molar-refractivity contribution < 1.29 is 13.6 Å². The lowest BCUT2D eigenvalue weighted by Crippen LogP contribution is -2.04. The van der Waals surface area contributed by atoms with Gasteiger partial charge in [0.2, 0.25) is 0 Å². The standard InChI is InChI=1S/C63H38N4O3/c1-4-16-39(17-5-1)51-34-43(35-52(40-18-6-2-7-19-40)60(51)67-54-25-13-10-22-46(54)53-38-45(30-33-55(53)67)68-44-20-8-3-9-21-44)63-65-61(41-28-31-49-47-23-11-14-26-56(47)69-58(49)36-41)64-62(66-63)42-29-32-50-48-24-12-15-27-57(48)70-59(50)37-42/h1-38H. The monoisotopic (exact) mass is 898 g/mol. The second-order valence-electron chi connectivity index (χ2n) is 17.5. The maximum Gasteiger partial charge on any atom is 0.164 e. The molecule has 7 nitrogen and oxygen atoms in total. The van der Waals surface area contributed by atoms with Gasteiger partial charge in [-0.05, 0) is 96.1 Å². The van der Waals surface area contributed by atoms with Crippen LogP contribution in [0.25, 0.3) is 128 Å². The Morgan fingerprint density at radius 3 is 1.33 bits per heavy atom. The van der Waals surface area contributed by atoms with E-state index in [9.17, 15) is 0 Å². The molecular weight excluding hydrogens is 861 g/mol. The van der Waals surface area contributed by atoms with Crippen LogP contribution in [0, 0.1) is 0 Å². The van der Waals surface area contributed by atoms with Crippen LogP contribution in [0.4, 0.5) is 0 Å². The first-order valence-corrected chi connectivity index (χ1v) is 23.3. The molecule has 0 saturated carbocycles. The number of aromatic nitrogens is 4. The highest BCUT2D eigenvalue weighted by molar-refractivity contribution is 6.12. The molecule has 0 aliphatic carbocycles. The van der Waals surface area contributed by atoms with E-state index in [1.54, 1.807) is 0 Å². The molecule has 7 heteroatoms. The van der Waals surface area contributed by atoms with Crippen molar-refractivity contribution in [3.8, 4) is 73.6 Å². The second-order valence-corrected chi connectivity index (χ2v) is 17.5. The largest absolute Gasteiger partial charge is 0.457 e. The summed E-state index contributed by atoms with van der Waals surface area (Å²) < 4.78 is 21.6. The number of ether oxygens (including phenoxy) is 1. The molecule has 0 aliphatic rings. The first kappa shape index (κ1) is 39.6. The van der Waals surface area contributed by atoms with Gasteiger partial charge < -0.3 is 18.1 Å². The highest BCUT2D eigenvalue weighted by Crippen LogP contribution is 2.45. The maximum absolute atomic E-state index is 6.42. The molecule has 4 aromatic heterocycles. The topological polar surface area (TPSA) is 79.1 Å². The van der Waals surface area contributed by atoms with Gasteiger partial charge in [-0.3, -0.25) is 0 Å². The molecule has 0 bridgehead atoms. The van der Waals surface area contributed by atoms with Crippen LogP contribution in [0.2, 0.25) is 0 Å². The Morgan fingerprint density at radius 2 is 0.757 bits per heavy atom. The van der Waals surface area contributed by atoms with Gasteiger partial charge in [-0.15, -0.1) is 0 Å². The van der Waals surface area contributed by atoms with Crippen LogP contribution < -0.4 is 4.74 Å². The Labute approximate surface area is 401 Å². The van der Waals surface area contributed by atoms with E-state index in [2.05, 4.69) is 156 Å². The van der Waals surface area contributed by atoms with Gasteiger partial charge in [0, 0.05) is 60.1 Å². The third kappa shape index (κ3) is 6.63. The molecule has 0 amide bonds. The molecule has 10 aromatic carbocycles. The minimum atomic E-state index is 0.523. The van der Waals surface area contributed by atoms with Crippen molar-refractivity contribution in [2.45, 2.75) is 0 Å². The van der Waals surface area contributed by atoms with Gasteiger partial charge in [-0.25, -0.2) is 15.0 Å². The van der Waals surface area contributed by atoms with E-state index in [1.807, 2.05) is 78.9 Å². The van der Waals surface area contributed by atoms with E-state index < -0.39 is 0 Å². The quantitative estimate of drug-likeness (QED) is 0.151. The smallest absolute Gasteiger partial charge is 0.164 e. The van der Waals surface area contributed by atoms with Gasteiger partial charge in [0.15, 0.2) is 17.5 Å². The van der Waals surface area contributed by atoms with Crippen molar-refractivity contribution in [2.75, 3.05) is 0 Å². The fourth-order valence-electron chi connectivity index (χ4n) is 10.1.